The summed E-state index contributed by atoms with van der Waals surface area (Å²) in [5.41, 5.74) is 2.89. The van der Waals surface area contributed by atoms with E-state index in [0.717, 1.165) is 21.0 Å². The number of benzene rings is 3. The normalized spacial score (nSPS) is 11.9. The molecule has 204 valence electrons. The molecule has 0 aliphatic heterocycles. The van der Waals surface area contributed by atoms with Crippen molar-refractivity contribution in [3.05, 3.63) is 71.3 Å². The van der Waals surface area contributed by atoms with E-state index < -0.39 is 28.5 Å². The molecule has 0 radical (unpaired) electrons. The van der Waals surface area contributed by atoms with Gasteiger partial charge in [-0.25, -0.2) is 8.42 Å². The molecule has 3 aromatic rings. The molecule has 38 heavy (non-hydrogen) atoms. The summed E-state index contributed by atoms with van der Waals surface area (Å²) in [6.07, 6.45) is 0. The highest BCUT2D eigenvalue weighted by Gasteiger charge is 2.29. The number of anilines is 1. The Kier molecular flexibility index (Phi) is 9.11. The van der Waals surface area contributed by atoms with Crippen molar-refractivity contribution in [2.24, 2.45) is 0 Å². The molecule has 0 saturated carbocycles. The molecule has 0 fully saturated rings. The SMILES string of the molecule is COc1ccc([C@H](C)NC(=O)CN(c2cc(C)cc(C)c2)S(=O)(=O)c2ccc(OC)c(OC)c2)cc1OC. The van der Waals surface area contributed by atoms with Gasteiger partial charge >= 0.3 is 0 Å². The third-order valence-corrected chi connectivity index (χ3v) is 7.78. The molecule has 3 aromatic carbocycles. The van der Waals surface area contributed by atoms with Gasteiger partial charge in [0.2, 0.25) is 5.91 Å². The maximum atomic E-state index is 13.9. The molecular formula is C28H34N2O7S. The predicted molar refractivity (Wildman–Crippen MR) is 146 cm³/mol. The molecule has 9 nitrogen and oxygen atoms in total. The Morgan fingerprint density at radius 3 is 1.87 bits per heavy atom. The standard InChI is InChI=1S/C28H34N2O7S/c1-18-12-19(2)14-22(13-18)30(38(32,33)23-9-11-25(35-5)27(16-23)37-7)17-28(31)29-20(3)21-8-10-24(34-4)26(15-21)36-6/h8-16,20H,17H2,1-7H3,(H,29,31)/t20-/m0/s1. The van der Waals surface area contributed by atoms with E-state index >= 15 is 0 Å². The third kappa shape index (κ3) is 6.31. The molecule has 0 aromatic heterocycles. The largest absolute Gasteiger partial charge is 0.493 e. The van der Waals surface area contributed by atoms with E-state index in [0.29, 0.717) is 22.9 Å². The average Bonchev–Trinajstić information content (AvgIpc) is 2.89. The number of amides is 1. The zero-order chi connectivity index (χ0) is 28.0. The summed E-state index contributed by atoms with van der Waals surface area (Å²) in [4.78, 5) is 13.2. The highest BCUT2D eigenvalue weighted by molar-refractivity contribution is 7.92. The van der Waals surface area contributed by atoms with Crippen LogP contribution in [-0.4, -0.2) is 49.3 Å². The molecule has 0 heterocycles. The lowest BCUT2D eigenvalue weighted by atomic mass is 10.1. The molecule has 0 spiro atoms. The van der Waals surface area contributed by atoms with Crippen molar-refractivity contribution in [3.63, 3.8) is 0 Å². The van der Waals surface area contributed by atoms with Crippen molar-refractivity contribution >= 4 is 21.6 Å². The summed E-state index contributed by atoms with van der Waals surface area (Å²) in [5.74, 6) is 1.28. The Morgan fingerprint density at radius 1 is 0.789 bits per heavy atom. The van der Waals surface area contributed by atoms with Crippen molar-refractivity contribution in [1.82, 2.24) is 5.32 Å². The number of hydrogen-bond donors (Lipinski definition) is 1. The van der Waals surface area contributed by atoms with Crippen LogP contribution in [0.3, 0.4) is 0 Å². The van der Waals surface area contributed by atoms with Gasteiger partial charge in [0.05, 0.1) is 45.1 Å². The third-order valence-electron chi connectivity index (χ3n) is 6.01. The topological polar surface area (TPSA) is 103 Å². The van der Waals surface area contributed by atoms with Gasteiger partial charge < -0.3 is 24.3 Å². The Hall–Kier alpha value is -3.92. The van der Waals surface area contributed by atoms with Crippen LogP contribution in [0.25, 0.3) is 0 Å². The highest BCUT2D eigenvalue weighted by atomic mass is 32.2. The number of methoxy groups -OCH3 is 4. The number of carbonyl (C=O) groups is 1. The predicted octanol–water partition coefficient (Wildman–Crippen LogP) is 4.41. The molecule has 1 amide bonds. The monoisotopic (exact) mass is 542 g/mol. The van der Waals surface area contributed by atoms with Gasteiger partial charge in [-0.1, -0.05) is 12.1 Å². The first kappa shape index (κ1) is 28.6. The minimum atomic E-state index is -4.16. The first-order valence-corrected chi connectivity index (χ1v) is 13.3. The first-order valence-electron chi connectivity index (χ1n) is 11.9. The van der Waals surface area contributed by atoms with E-state index in [-0.39, 0.29) is 10.6 Å². The number of rotatable bonds is 11. The fraction of sp³-hybridized carbons (Fsp3) is 0.321. The molecular weight excluding hydrogens is 508 g/mol. The smallest absolute Gasteiger partial charge is 0.264 e. The van der Waals surface area contributed by atoms with Crippen LogP contribution in [-0.2, 0) is 14.8 Å². The fourth-order valence-electron chi connectivity index (χ4n) is 4.14. The van der Waals surface area contributed by atoms with E-state index in [1.807, 2.05) is 32.9 Å². The van der Waals surface area contributed by atoms with Gasteiger partial charge in [-0.05, 0) is 73.9 Å². The van der Waals surface area contributed by atoms with Crippen LogP contribution in [0, 0.1) is 13.8 Å². The summed E-state index contributed by atoms with van der Waals surface area (Å²) >= 11 is 0. The van der Waals surface area contributed by atoms with E-state index in [4.69, 9.17) is 18.9 Å². The Bertz CT molecular complexity index is 1390. The zero-order valence-electron chi connectivity index (χ0n) is 22.7. The minimum Gasteiger partial charge on any atom is -0.493 e. The second kappa shape index (κ2) is 12.1. The van der Waals surface area contributed by atoms with Crippen LogP contribution in [0.5, 0.6) is 23.0 Å². The Morgan fingerprint density at radius 2 is 1.32 bits per heavy atom. The second-order valence-corrected chi connectivity index (χ2v) is 10.6. The van der Waals surface area contributed by atoms with E-state index in [1.165, 1.54) is 39.5 Å². The van der Waals surface area contributed by atoms with E-state index in [2.05, 4.69) is 5.32 Å². The molecule has 0 unspecified atom stereocenters. The first-order chi connectivity index (χ1) is 18.0. The van der Waals surface area contributed by atoms with Gasteiger partial charge in [0.25, 0.3) is 10.0 Å². The van der Waals surface area contributed by atoms with Crippen LogP contribution in [0.1, 0.15) is 29.7 Å². The maximum absolute atomic E-state index is 13.9. The number of carbonyl (C=O) groups excluding carboxylic acids is 1. The van der Waals surface area contributed by atoms with Crippen molar-refractivity contribution in [2.45, 2.75) is 31.7 Å². The molecule has 10 heteroatoms. The lowest BCUT2D eigenvalue weighted by molar-refractivity contribution is -0.120. The van der Waals surface area contributed by atoms with Crippen LogP contribution in [0.15, 0.2) is 59.5 Å². The Balaban J connectivity index is 1.96. The van der Waals surface area contributed by atoms with Gasteiger partial charge in [-0.2, -0.15) is 0 Å². The van der Waals surface area contributed by atoms with E-state index in [9.17, 15) is 13.2 Å². The van der Waals surface area contributed by atoms with Crippen LogP contribution < -0.4 is 28.6 Å². The van der Waals surface area contributed by atoms with Gasteiger partial charge in [0.1, 0.15) is 6.54 Å². The molecule has 0 aliphatic carbocycles. The van der Waals surface area contributed by atoms with Crippen molar-refractivity contribution in [1.29, 1.82) is 0 Å². The van der Waals surface area contributed by atoms with Gasteiger partial charge in [-0.15, -0.1) is 0 Å². The lowest BCUT2D eigenvalue weighted by Crippen LogP contribution is -2.41. The molecule has 0 aliphatic rings. The molecule has 1 N–H and O–H groups in total. The number of aryl methyl sites for hydroxylation is 2. The zero-order valence-corrected chi connectivity index (χ0v) is 23.5. The highest BCUT2D eigenvalue weighted by Crippen LogP contribution is 2.33. The van der Waals surface area contributed by atoms with E-state index in [1.54, 1.807) is 31.4 Å². The summed E-state index contributed by atoms with van der Waals surface area (Å²) in [7, 11) is 1.82. The number of nitrogens with one attached hydrogen (secondary N) is 1. The van der Waals surface area contributed by atoms with Crippen LogP contribution in [0.2, 0.25) is 0 Å². The van der Waals surface area contributed by atoms with Gasteiger partial charge in [0.15, 0.2) is 23.0 Å². The molecule has 1 atom stereocenters. The quantitative estimate of drug-likeness (QED) is 0.383. The fourth-order valence-corrected chi connectivity index (χ4v) is 5.56. The van der Waals surface area contributed by atoms with Crippen molar-refractivity contribution in [3.8, 4) is 23.0 Å². The molecule has 0 bridgehead atoms. The van der Waals surface area contributed by atoms with Gasteiger partial charge in [-0.3, -0.25) is 9.10 Å². The summed E-state index contributed by atoms with van der Waals surface area (Å²) in [5, 5.41) is 2.89. The summed E-state index contributed by atoms with van der Waals surface area (Å²) in [6, 6.07) is 14.6. The summed E-state index contributed by atoms with van der Waals surface area (Å²) in [6.45, 7) is 5.12. The molecule has 0 saturated heterocycles. The van der Waals surface area contributed by atoms with Gasteiger partial charge in [0, 0.05) is 6.07 Å². The molecule has 3 rings (SSSR count). The number of sulfonamides is 1. The second-order valence-electron chi connectivity index (χ2n) is 8.78. The van der Waals surface area contributed by atoms with Crippen LogP contribution in [0.4, 0.5) is 5.69 Å². The van der Waals surface area contributed by atoms with Crippen molar-refractivity contribution in [2.75, 3.05) is 39.3 Å². The van der Waals surface area contributed by atoms with Crippen LogP contribution >= 0.6 is 0 Å². The number of nitrogens with zero attached hydrogens (tertiary/aromatic N) is 1. The lowest BCUT2D eigenvalue weighted by Gasteiger charge is -2.26. The average molecular weight is 543 g/mol. The number of hydrogen-bond acceptors (Lipinski definition) is 7. The summed E-state index contributed by atoms with van der Waals surface area (Å²) < 4.78 is 50.1. The minimum absolute atomic E-state index is 0.0324. The number of ether oxygens (including phenoxy) is 4. The Labute approximate surface area is 224 Å². The maximum Gasteiger partial charge on any atom is 0.264 e. The van der Waals surface area contributed by atoms with Crippen molar-refractivity contribution < 1.29 is 32.2 Å².